The molecule has 15 heteroatoms. The van der Waals surface area contributed by atoms with Gasteiger partial charge in [0.05, 0.1) is 55.5 Å². The van der Waals surface area contributed by atoms with Crippen LogP contribution in [-0.4, -0.2) is 100 Å². The summed E-state index contributed by atoms with van der Waals surface area (Å²) >= 11 is 0. The highest BCUT2D eigenvalue weighted by Gasteiger charge is 2.39. The Kier molecular flexibility index (Phi) is 11.6. The molecule has 58 heavy (non-hydrogen) atoms. The van der Waals surface area contributed by atoms with Crippen LogP contribution in [0.4, 0.5) is 9.59 Å². The maximum absolute atomic E-state index is 13.7. The van der Waals surface area contributed by atoms with E-state index < -0.39 is 24.3 Å². The fourth-order valence-corrected chi connectivity index (χ4v) is 8.22. The van der Waals surface area contributed by atoms with Crippen molar-refractivity contribution in [2.45, 2.75) is 77.5 Å². The van der Waals surface area contributed by atoms with Gasteiger partial charge in [0.25, 0.3) is 0 Å². The highest BCUT2D eigenvalue weighted by molar-refractivity contribution is 5.89. The van der Waals surface area contributed by atoms with Crippen molar-refractivity contribution in [3.05, 3.63) is 66.2 Å². The Balaban J connectivity index is 1.11. The third kappa shape index (κ3) is 7.89. The van der Waals surface area contributed by atoms with Gasteiger partial charge in [0.15, 0.2) is 0 Å². The number of benzene rings is 3. The molecule has 2 fully saturated rings. The molecule has 0 spiro atoms. The molecule has 2 aliphatic rings. The molecule has 3 unspecified atom stereocenters. The summed E-state index contributed by atoms with van der Waals surface area (Å²) in [4.78, 5) is 71.7. The molecule has 3 aromatic carbocycles. The maximum atomic E-state index is 13.7. The molecule has 306 valence electrons. The van der Waals surface area contributed by atoms with Crippen LogP contribution in [-0.2, 0) is 19.1 Å². The first kappa shape index (κ1) is 40.1. The standard InChI is InChI=1S/C43H52N8O7/c1-23(2)36(48-42(54)57-6)40(52)50-18-8-10-33(50)38-44-29-16-13-25(20-31(29)46-38)26-12-15-28(35(22-26)56-5)27-14-17-30-32(21-27)47-39(45-30)34-11-9-19-51(34)41(53)37(24(3)4)49-43(55)58-7/h12-17,20-24,33-34,36-37H,8-11,18-19H2,1-7H3,(H,44,46)(H,45,47)(H,48,54)(H,49,55)/t33?,34?,36?,37-/m0/s1. The highest BCUT2D eigenvalue weighted by atomic mass is 16.5. The number of amides is 4. The minimum atomic E-state index is -0.708. The lowest BCUT2D eigenvalue weighted by molar-refractivity contribution is -0.136. The molecule has 0 bridgehead atoms. The van der Waals surface area contributed by atoms with Crippen molar-refractivity contribution in [2.24, 2.45) is 11.8 Å². The van der Waals surface area contributed by atoms with Crippen LogP contribution in [0.3, 0.4) is 0 Å². The van der Waals surface area contributed by atoms with Gasteiger partial charge in [-0.25, -0.2) is 19.6 Å². The van der Waals surface area contributed by atoms with Gasteiger partial charge in [-0.2, -0.15) is 0 Å². The number of likely N-dealkylation sites (tertiary alicyclic amines) is 2. The Bertz CT molecular complexity index is 2330. The zero-order valence-electron chi connectivity index (χ0n) is 34.0. The van der Waals surface area contributed by atoms with E-state index in [1.807, 2.05) is 80.0 Å². The van der Waals surface area contributed by atoms with Crippen molar-refractivity contribution in [3.8, 4) is 28.0 Å². The van der Waals surface area contributed by atoms with Gasteiger partial charge in [0, 0.05) is 18.7 Å². The third-order valence-electron chi connectivity index (χ3n) is 11.3. The SMILES string of the molecule is COC(=O)NC(C(=O)N1CCCC1c1nc2ccc(-c3ccc(-c4ccc5nc(C6CCCN6C(=O)[C@@H](NC(=O)OC)C(C)C)[nH]c5c4)c(OC)c3)cc2[nH]1)C(C)C. The summed E-state index contributed by atoms with van der Waals surface area (Å²) in [5, 5.41) is 5.41. The third-order valence-corrected chi connectivity index (χ3v) is 11.3. The fraction of sp³-hybridized carbons (Fsp3) is 0.442. The van der Waals surface area contributed by atoms with Crippen molar-refractivity contribution in [2.75, 3.05) is 34.4 Å². The first-order valence-electron chi connectivity index (χ1n) is 19.9. The Hall–Kier alpha value is -6.12. The van der Waals surface area contributed by atoms with Crippen LogP contribution in [0.25, 0.3) is 44.3 Å². The summed E-state index contributed by atoms with van der Waals surface area (Å²) in [5.74, 6) is 1.58. The predicted octanol–water partition coefficient (Wildman–Crippen LogP) is 6.87. The average Bonchev–Trinajstić information content (AvgIpc) is 4.05. The first-order chi connectivity index (χ1) is 27.9. The maximum Gasteiger partial charge on any atom is 0.407 e. The second-order valence-corrected chi connectivity index (χ2v) is 15.7. The largest absolute Gasteiger partial charge is 0.496 e. The molecule has 0 radical (unpaired) electrons. The number of methoxy groups -OCH3 is 3. The number of nitrogens with one attached hydrogen (secondary N) is 4. The van der Waals surface area contributed by atoms with E-state index in [0.29, 0.717) is 30.5 Å². The van der Waals surface area contributed by atoms with Gasteiger partial charge in [-0.1, -0.05) is 52.0 Å². The van der Waals surface area contributed by atoms with E-state index in [2.05, 4.69) is 32.7 Å². The van der Waals surface area contributed by atoms with Gasteiger partial charge in [-0.15, -0.1) is 0 Å². The van der Waals surface area contributed by atoms with E-state index in [-0.39, 0.29) is 35.7 Å². The number of H-pyrrole nitrogens is 2. The second kappa shape index (κ2) is 16.8. The number of nitrogens with zero attached hydrogens (tertiary/aromatic N) is 4. The lowest BCUT2D eigenvalue weighted by Gasteiger charge is -2.29. The number of aromatic amines is 2. The van der Waals surface area contributed by atoms with Gasteiger partial charge < -0.3 is 44.6 Å². The van der Waals surface area contributed by atoms with Crippen molar-refractivity contribution in [3.63, 3.8) is 0 Å². The van der Waals surface area contributed by atoms with Crippen LogP contribution in [0.1, 0.15) is 77.1 Å². The average molecular weight is 793 g/mol. The van der Waals surface area contributed by atoms with Crippen molar-refractivity contribution >= 4 is 46.1 Å². The number of carbonyl (C=O) groups is 4. The molecule has 15 nitrogen and oxygen atoms in total. The van der Waals surface area contributed by atoms with E-state index in [4.69, 9.17) is 24.2 Å². The van der Waals surface area contributed by atoms with Crippen LogP contribution >= 0.6 is 0 Å². The lowest BCUT2D eigenvalue weighted by atomic mass is 9.98. The molecule has 4 amide bonds. The number of aromatic nitrogens is 4. The molecule has 0 saturated carbocycles. The Morgan fingerprint density at radius 3 is 1.57 bits per heavy atom. The van der Waals surface area contributed by atoms with E-state index in [9.17, 15) is 19.2 Å². The smallest absolute Gasteiger partial charge is 0.407 e. The van der Waals surface area contributed by atoms with Gasteiger partial charge in [-0.05, 0) is 84.5 Å². The van der Waals surface area contributed by atoms with Crippen LogP contribution in [0.15, 0.2) is 54.6 Å². The van der Waals surface area contributed by atoms with E-state index in [1.165, 1.54) is 14.2 Å². The molecule has 5 aromatic rings. The molecule has 4 heterocycles. The van der Waals surface area contributed by atoms with Crippen molar-refractivity contribution in [1.82, 2.24) is 40.4 Å². The van der Waals surface area contributed by atoms with E-state index in [0.717, 1.165) is 70.0 Å². The molecule has 4 N–H and O–H groups in total. The summed E-state index contributed by atoms with van der Waals surface area (Å²) in [6.45, 7) is 8.75. The number of imidazole rings is 2. The number of alkyl carbamates (subject to hydrolysis) is 2. The molecule has 2 saturated heterocycles. The molecule has 0 aliphatic carbocycles. The monoisotopic (exact) mass is 792 g/mol. The van der Waals surface area contributed by atoms with Crippen molar-refractivity contribution in [1.29, 1.82) is 0 Å². The minimum absolute atomic E-state index is 0.120. The number of hydrogen-bond acceptors (Lipinski definition) is 9. The fourth-order valence-electron chi connectivity index (χ4n) is 8.22. The minimum Gasteiger partial charge on any atom is -0.496 e. The number of ether oxygens (including phenoxy) is 3. The molecular formula is C43H52N8O7. The summed E-state index contributed by atoms with van der Waals surface area (Å²) in [5.41, 5.74) is 7.06. The molecule has 2 aromatic heterocycles. The molecular weight excluding hydrogens is 741 g/mol. The van der Waals surface area contributed by atoms with E-state index in [1.54, 1.807) is 7.11 Å². The van der Waals surface area contributed by atoms with Crippen molar-refractivity contribution < 1.29 is 33.4 Å². The van der Waals surface area contributed by atoms with Crippen LogP contribution < -0.4 is 15.4 Å². The Labute approximate surface area is 337 Å². The summed E-state index contributed by atoms with van der Waals surface area (Å²) < 4.78 is 15.5. The van der Waals surface area contributed by atoms with Gasteiger partial charge >= 0.3 is 12.2 Å². The number of fused-ring (bicyclic) bond motifs is 2. The number of hydrogen-bond donors (Lipinski definition) is 4. The van der Waals surface area contributed by atoms with Gasteiger partial charge in [-0.3, -0.25) is 9.59 Å². The molecule has 4 atom stereocenters. The zero-order valence-corrected chi connectivity index (χ0v) is 34.0. The van der Waals surface area contributed by atoms with Crippen LogP contribution in [0.2, 0.25) is 0 Å². The lowest BCUT2D eigenvalue weighted by Crippen LogP contribution is -2.51. The topological polar surface area (TPSA) is 184 Å². The van der Waals surface area contributed by atoms with Gasteiger partial charge in [0.2, 0.25) is 11.8 Å². The number of rotatable bonds is 11. The Morgan fingerprint density at radius 2 is 1.10 bits per heavy atom. The first-order valence-corrected chi connectivity index (χ1v) is 19.9. The second-order valence-electron chi connectivity index (χ2n) is 15.7. The summed E-state index contributed by atoms with van der Waals surface area (Å²) in [7, 11) is 4.23. The highest BCUT2D eigenvalue weighted by Crippen LogP contribution is 2.38. The summed E-state index contributed by atoms with van der Waals surface area (Å²) in [6, 6.07) is 16.3. The zero-order chi connectivity index (χ0) is 41.2. The van der Waals surface area contributed by atoms with Gasteiger partial charge in [0.1, 0.15) is 29.5 Å². The molecule has 7 rings (SSSR count). The van der Waals surface area contributed by atoms with Crippen LogP contribution in [0.5, 0.6) is 5.75 Å². The number of carbonyl (C=O) groups excluding carboxylic acids is 4. The normalized spacial score (nSPS) is 17.9. The van der Waals surface area contributed by atoms with E-state index >= 15 is 0 Å². The Morgan fingerprint density at radius 1 is 0.655 bits per heavy atom. The van der Waals surface area contributed by atoms with Crippen LogP contribution in [0, 0.1) is 11.8 Å². The summed E-state index contributed by atoms with van der Waals surface area (Å²) in [6.07, 6.45) is 1.92. The quantitative estimate of drug-likeness (QED) is 0.111. The molecule has 2 aliphatic heterocycles. The predicted molar refractivity (Wildman–Crippen MR) is 219 cm³/mol.